The van der Waals surface area contributed by atoms with Gasteiger partial charge < -0.3 is 14.6 Å². The molecule has 2 amide bonds. The first-order valence-electron chi connectivity index (χ1n) is 9.64. The molecule has 0 atom stereocenters. The van der Waals surface area contributed by atoms with Crippen LogP contribution in [0.5, 0.6) is 0 Å². The summed E-state index contributed by atoms with van der Waals surface area (Å²) in [7, 11) is -3.71. The summed E-state index contributed by atoms with van der Waals surface area (Å²) < 4.78 is 32.2. The first-order chi connectivity index (χ1) is 14.0. The van der Waals surface area contributed by atoms with E-state index in [9.17, 15) is 18.0 Å². The molecule has 9 heteroatoms. The average molecular weight is 420 g/mol. The van der Waals surface area contributed by atoms with Gasteiger partial charge in [-0.3, -0.25) is 9.59 Å². The van der Waals surface area contributed by atoms with E-state index in [0.717, 1.165) is 32.4 Å². The van der Waals surface area contributed by atoms with E-state index in [0.29, 0.717) is 11.3 Å². The lowest BCUT2D eigenvalue weighted by atomic mass is 10.1. The fourth-order valence-corrected chi connectivity index (χ4v) is 4.13. The van der Waals surface area contributed by atoms with Gasteiger partial charge in [0.2, 0.25) is 15.9 Å². The number of carbonyl (C=O) groups excluding carboxylic acids is 2. The number of nitrogens with zero attached hydrogens (tertiary/aromatic N) is 1. The number of amides is 2. The van der Waals surface area contributed by atoms with E-state index in [1.807, 2.05) is 4.90 Å². The van der Waals surface area contributed by atoms with Gasteiger partial charge in [0.05, 0.1) is 17.7 Å². The van der Waals surface area contributed by atoms with Gasteiger partial charge in [0, 0.05) is 31.6 Å². The number of piperidine rings is 1. The number of sulfonamides is 1. The van der Waals surface area contributed by atoms with Gasteiger partial charge in [0.25, 0.3) is 5.91 Å². The molecular weight excluding hydrogens is 394 g/mol. The van der Waals surface area contributed by atoms with Crippen LogP contribution in [0.15, 0.2) is 52.0 Å². The molecule has 0 aliphatic carbocycles. The third-order valence-corrected chi connectivity index (χ3v) is 6.19. The van der Waals surface area contributed by atoms with E-state index in [2.05, 4.69) is 10.0 Å². The standard InChI is InChI=1S/C20H25N3O5S/c24-19(23-12-2-1-3-13-23)10-11-21-20(25)16-6-8-18(9-7-16)29(26,27)22-15-17-5-4-14-28-17/h4-9,14,22H,1-3,10-13,15H2,(H,21,25). The number of rotatable bonds is 8. The highest BCUT2D eigenvalue weighted by molar-refractivity contribution is 7.89. The zero-order chi connectivity index (χ0) is 20.7. The summed E-state index contributed by atoms with van der Waals surface area (Å²) in [6.07, 6.45) is 4.95. The number of carbonyl (C=O) groups is 2. The van der Waals surface area contributed by atoms with Crippen molar-refractivity contribution < 1.29 is 22.4 Å². The molecule has 1 aromatic carbocycles. The van der Waals surface area contributed by atoms with Crippen LogP contribution in [0.1, 0.15) is 41.8 Å². The van der Waals surface area contributed by atoms with Crippen molar-refractivity contribution in [2.24, 2.45) is 0 Å². The number of hydrogen-bond acceptors (Lipinski definition) is 5. The number of likely N-dealkylation sites (tertiary alicyclic amines) is 1. The zero-order valence-electron chi connectivity index (χ0n) is 16.1. The second kappa shape index (κ2) is 9.71. The minimum absolute atomic E-state index is 0.0443. The van der Waals surface area contributed by atoms with Crippen molar-refractivity contribution in [3.63, 3.8) is 0 Å². The number of furan rings is 1. The lowest BCUT2D eigenvalue weighted by molar-refractivity contribution is -0.131. The topological polar surface area (TPSA) is 109 Å². The molecule has 1 aliphatic heterocycles. The summed E-state index contributed by atoms with van der Waals surface area (Å²) in [5.74, 6) is 0.210. The van der Waals surface area contributed by atoms with E-state index in [1.54, 1.807) is 12.1 Å². The maximum Gasteiger partial charge on any atom is 0.251 e. The lowest BCUT2D eigenvalue weighted by Gasteiger charge is -2.26. The summed E-state index contributed by atoms with van der Waals surface area (Å²) >= 11 is 0. The Bertz CT molecular complexity index is 918. The van der Waals surface area contributed by atoms with Crippen LogP contribution in [0.3, 0.4) is 0 Å². The first kappa shape index (κ1) is 21.1. The summed E-state index contributed by atoms with van der Waals surface area (Å²) in [5.41, 5.74) is 0.334. The Morgan fingerprint density at radius 3 is 2.41 bits per heavy atom. The van der Waals surface area contributed by atoms with Gasteiger partial charge in [0.15, 0.2) is 0 Å². The predicted molar refractivity (Wildman–Crippen MR) is 107 cm³/mol. The predicted octanol–water partition coefficient (Wildman–Crippen LogP) is 1.89. The Balaban J connectivity index is 1.48. The third-order valence-electron chi connectivity index (χ3n) is 4.78. The molecule has 0 spiro atoms. The Labute approximate surface area is 170 Å². The summed E-state index contributed by atoms with van der Waals surface area (Å²) in [6.45, 7) is 1.87. The Morgan fingerprint density at radius 1 is 1.03 bits per heavy atom. The second-order valence-corrected chi connectivity index (χ2v) is 8.64. The van der Waals surface area contributed by atoms with Crippen LogP contribution in [0.25, 0.3) is 0 Å². The minimum atomic E-state index is -3.71. The Kier molecular flexibility index (Phi) is 7.05. The molecule has 0 bridgehead atoms. The molecule has 1 aliphatic rings. The van der Waals surface area contributed by atoms with Crippen LogP contribution >= 0.6 is 0 Å². The molecule has 8 nitrogen and oxygen atoms in total. The van der Waals surface area contributed by atoms with Gasteiger partial charge in [-0.05, 0) is 55.7 Å². The molecule has 1 fully saturated rings. The smallest absolute Gasteiger partial charge is 0.251 e. The van der Waals surface area contributed by atoms with E-state index in [4.69, 9.17) is 4.42 Å². The number of benzene rings is 1. The fourth-order valence-electron chi connectivity index (χ4n) is 3.13. The maximum absolute atomic E-state index is 12.3. The van der Waals surface area contributed by atoms with Gasteiger partial charge >= 0.3 is 0 Å². The van der Waals surface area contributed by atoms with Crippen LogP contribution < -0.4 is 10.0 Å². The van der Waals surface area contributed by atoms with Crippen LogP contribution in [-0.4, -0.2) is 44.8 Å². The summed E-state index contributed by atoms with van der Waals surface area (Å²) in [6, 6.07) is 8.99. The highest BCUT2D eigenvalue weighted by Crippen LogP contribution is 2.12. The lowest BCUT2D eigenvalue weighted by Crippen LogP contribution is -2.37. The summed E-state index contributed by atoms with van der Waals surface area (Å²) in [5, 5.41) is 2.71. The number of nitrogens with one attached hydrogen (secondary N) is 2. The van der Waals surface area contributed by atoms with Gasteiger partial charge in [-0.2, -0.15) is 0 Å². The van der Waals surface area contributed by atoms with Gasteiger partial charge in [-0.25, -0.2) is 13.1 Å². The SMILES string of the molecule is O=C(NCCC(=O)N1CCCCC1)c1ccc(S(=O)(=O)NCc2ccco2)cc1. The second-order valence-electron chi connectivity index (χ2n) is 6.88. The van der Waals surface area contributed by atoms with Gasteiger partial charge in [0.1, 0.15) is 5.76 Å². The third kappa shape index (κ3) is 5.91. The Morgan fingerprint density at radius 2 is 1.76 bits per heavy atom. The molecule has 0 saturated carbocycles. The highest BCUT2D eigenvalue weighted by Gasteiger charge is 2.17. The minimum Gasteiger partial charge on any atom is -0.468 e. The maximum atomic E-state index is 12.3. The van der Waals surface area contributed by atoms with E-state index in [-0.39, 0.29) is 36.2 Å². The van der Waals surface area contributed by atoms with Crippen molar-refractivity contribution in [1.29, 1.82) is 0 Å². The van der Waals surface area contributed by atoms with Crippen molar-refractivity contribution in [3.05, 3.63) is 54.0 Å². The van der Waals surface area contributed by atoms with Crippen molar-refractivity contribution in [2.45, 2.75) is 37.1 Å². The molecule has 2 aromatic rings. The quantitative estimate of drug-likeness (QED) is 0.679. The zero-order valence-corrected chi connectivity index (χ0v) is 16.9. The first-order valence-corrected chi connectivity index (χ1v) is 11.1. The van der Waals surface area contributed by atoms with Crippen LogP contribution in [0, 0.1) is 0 Å². The molecule has 156 valence electrons. The van der Waals surface area contributed by atoms with Crippen LogP contribution in [0.2, 0.25) is 0 Å². The van der Waals surface area contributed by atoms with Crippen molar-refractivity contribution in [2.75, 3.05) is 19.6 Å². The highest BCUT2D eigenvalue weighted by atomic mass is 32.2. The number of hydrogen-bond donors (Lipinski definition) is 2. The largest absolute Gasteiger partial charge is 0.468 e. The molecule has 3 rings (SSSR count). The molecule has 0 unspecified atom stereocenters. The normalized spacial score (nSPS) is 14.6. The van der Waals surface area contributed by atoms with Crippen molar-refractivity contribution >= 4 is 21.8 Å². The van der Waals surface area contributed by atoms with E-state index in [1.165, 1.54) is 30.5 Å². The molecular formula is C20H25N3O5S. The van der Waals surface area contributed by atoms with Crippen molar-refractivity contribution in [3.8, 4) is 0 Å². The van der Waals surface area contributed by atoms with Gasteiger partial charge in [-0.1, -0.05) is 0 Å². The monoisotopic (exact) mass is 419 g/mol. The summed E-state index contributed by atoms with van der Waals surface area (Å²) in [4.78, 5) is 26.2. The molecule has 2 heterocycles. The van der Waals surface area contributed by atoms with Crippen LogP contribution in [-0.2, 0) is 21.4 Å². The van der Waals surface area contributed by atoms with Gasteiger partial charge in [-0.15, -0.1) is 0 Å². The molecule has 29 heavy (non-hydrogen) atoms. The van der Waals surface area contributed by atoms with E-state index < -0.39 is 10.0 Å². The average Bonchev–Trinajstić information content (AvgIpc) is 3.27. The van der Waals surface area contributed by atoms with E-state index >= 15 is 0 Å². The molecule has 1 aromatic heterocycles. The fraction of sp³-hybridized carbons (Fsp3) is 0.400. The molecule has 2 N–H and O–H groups in total. The van der Waals surface area contributed by atoms with Crippen LogP contribution in [0.4, 0.5) is 0 Å². The van der Waals surface area contributed by atoms with Crippen molar-refractivity contribution in [1.82, 2.24) is 14.9 Å². The molecule has 0 radical (unpaired) electrons. The molecule has 1 saturated heterocycles. The Hall–Kier alpha value is -2.65.